The summed E-state index contributed by atoms with van der Waals surface area (Å²) in [5.41, 5.74) is 5.23. The smallest absolute Gasteiger partial charge is 0.415 e. The molecule has 2 amide bonds. The second-order valence-electron chi connectivity index (χ2n) is 3.31. The number of hydrogen-bond acceptors (Lipinski definition) is 5. The molecule has 1 saturated heterocycles. The molecule has 2 unspecified atom stereocenters. The van der Waals surface area contributed by atoms with Crippen molar-refractivity contribution < 1.29 is 19.1 Å². The average Bonchev–Trinajstić information content (AvgIpc) is 2.60. The first-order valence-electron chi connectivity index (χ1n) is 4.57. The molecule has 2 rings (SSSR count). The van der Waals surface area contributed by atoms with Gasteiger partial charge in [-0.3, -0.25) is 9.69 Å². The van der Waals surface area contributed by atoms with E-state index in [1.54, 1.807) is 12.2 Å². The first-order valence-corrected chi connectivity index (χ1v) is 5.09. The van der Waals surface area contributed by atoms with Crippen LogP contribution in [0.5, 0.6) is 0 Å². The predicted octanol–water partition coefficient (Wildman–Crippen LogP) is -0.0238. The molecule has 86 valence electrons. The number of thiol groups is 1. The Morgan fingerprint density at radius 1 is 1.62 bits per heavy atom. The standard InChI is InChI=1S/C9H10N2O4S/c10-8(12)6-4-11(9(13)15-6)5-1-2-14-7(16)3-5/h1-3,6-7,16H,4H2,(H2,10,12). The molecule has 0 aromatic rings. The summed E-state index contributed by atoms with van der Waals surface area (Å²) < 4.78 is 9.81. The highest BCUT2D eigenvalue weighted by atomic mass is 32.1. The zero-order chi connectivity index (χ0) is 11.7. The number of carbonyl (C=O) groups is 2. The van der Waals surface area contributed by atoms with Gasteiger partial charge in [0.25, 0.3) is 5.91 Å². The zero-order valence-electron chi connectivity index (χ0n) is 8.20. The van der Waals surface area contributed by atoms with Crippen LogP contribution in [-0.4, -0.2) is 35.0 Å². The number of primary amides is 1. The number of cyclic esters (lactones) is 1. The largest absolute Gasteiger partial charge is 0.483 e. The third-order valence-electron chi connectivity index (χ3n) is 2.21. The number of nitrogens with two attached hydrogens (primary N) is 1. The zero-order valence-corrected chi connectivity index (χ0v) is 9.09. The number of rotatable bonds is 2. The predicted molar refractivity (Wildman–Crippen MR) is 57.3 cm³/mol. The van der Waals surface area contributed by atoms with E-state index in [1.165, 1.54) is 11.2 Å². The number of ether oxygens (including phenoxy) is 2. The van der Waals surface area contributed by atoms with Gasteiger partial charge in [-0.05, 0) is 12.2 Å². The topological polar surface area (TPSA) is 81.9 Å². The summed E-state index contributed by atoms with van der Waals surface area (Å²) in [4.78, 5) is 23.6. The second kappa shape index (κ2) is 4.09. The fourth-order valence-electron chi connectivity index (χ4n) is 1.43. The van der Waals surface area contributed by atoms with E-state index in [0.29, 0.717) is 5.70 Å². The maximum absolute atomic E-state index is 11.5. The molecule has 16 heavy (non-hydrogen) atoms. The molecule has 2 N–H and O–H groups in total. The summed E-state index contributed by atoms with van der Waals surface area (Å²) in [5.74, 6) is -0.657. The summed E-state index contributed by atoms with van der Waals surface area (Å²) in [5, 5.41) is 0. The Hall–Kier alpha value is -1.63. The monoisotopic (exact) mass is 242 g/mol. The lowest BCUT2D eigenvalue weighted by molar-refractivity contribution is -0.124. The van der Waals surface area contributed by atoms with E-state index in [-0.39, 0.29) is 6.54 Å². The lowest BCUT2D eigenvalue weighted by Gasteiger charge is -2.19. The maximum Gasteiger partial charge on any atom is 0.415 e. The number of amides is 2. The molecule has 2 aliphatic heterocycles. The van der Waals surface area contributed by atoms with E-state index in [0.717, 1.165) is 0 Å². The van der Waals surface area contributed by atoms with Crippen LogP contribution in [0.1, 0.15) is 0 Å². The molecule has 6 nitrogen and oxygen atoms in total. The van der Waals surface area contributed by atoms with E-state index in [1.807, 2.05) is 0 Å². The molecule has 2 atom stereocenters. The first-order chi connectivity index (χ1) is 7.58. The van der Waals surface area contributed by atoms with Gasteiger partial charge in [-0.15, -0.1) is 12.6 Å². The maximum atomic E-state index is 11.5. The third-order valence-corrected chi connectivity index (χ3v) is 2.48. The molecular formula is C9H10N2O4S. The van der Waals surface area contributed by atoms with Crippen LogP contribution in [0.25, 0.3) is 0 Å². The van der Waals surface area contributed by atoms with Crippen LogP contribution < -0.4 is 5.73 Å². The van der Waals surface area contributed by atoms with Gasteiger partial charge in [0, 0.05) is 0 Å². The highest BCUT2D eigenvalue weighted by Gasteiger charge is 2.36. The Morgan fingerprint density at radius 3 is 2.94 bits per heavy atom. The van der Waals surface area contributed by atoms with Gasteiger partial charge in [-0.25, -0.2) is 4.79 Å². The van der Waals surface area contributed by atoms with Crippen molar-refractivity contribution in [2.75, 3.05) is 6.54 Å². The lowest BCUT2D eigenvalue weighted by atomic mass is 10.3. The molecule has 0 bridgehead atoms. The van der Waals surface area contributed by atoms with Crippen LogP contribution in [-0.2, 0) is 14.3 Å². The molecule has 2 heterocycles. The molecule has 0 saturated carbocycles. The van der Waals surface area contributed by atoms with Gasteiger partial charge in [0.1, 0.15) is 0 Å². The lowest BCUT2D eigenvalue weighted by Crippen LogP contribution is -2.32. The van der Waals surface area contributed by atoms with E-state index < -0.39 is 23.5 Å². The molecule has 2 aliphatic rings. The van der Waals surface area contributed by atoms with Crippen molar-refractivity contribution in [2.45, 2.75) is 11.5 Å². The van der Waals surface area contributed by atoms with Crippen molar-refractivity contribution in [1.82, 2.24) is 4.90 Å². The summed E-state index contributed by atoms with van der Waals surface area (Å²) in [6.45, 7) is 0.116. The SMILES string of the molecule is NC(=O)C1CN(C2=CC(S)OC=C2)C(=O)O1. The Morgan fingerprint density at radius 2 is 2.38 bits per heavy atom. The van der Waals surface area contributed by atoms with Gasteiger partial charge in [0.15, 0.2) is 11.5 Å². The van der Waals surface area contributed by atoms with Gasteiger partial charge in [0.2, 0.25) is 0 Å². The van der Waals surface area contributed by atoms with Crippen molar-refractivity contribution >= 4 is 24.6 Å². The summed E-state index contributed by atoms with van der Waals surface area (Å²) in [7, 11) is 0. The molecule has 0 radical (unpaired) electrons. The van der Waals surface area contributed by atoms with Crippen LogP contribution >= 0.6 is 12.6 Å². The highest BCUT2D eigenvalue weighted by molar-refractivity contribution is 7.80. The summed E-state index contributed by atoms with van der Waals surface area (Å²) in [6, 6.07) is 0. The highest BCUT2D eigenvalue weighted by Crippen LogP contribution is 2.22. The number of carbonyl (C=O) groups excluding carboxylic acids is 2. The average molecular weight is 242 g/mol. The van der Waals surface area contributed by atoms with Crippen LogP contribution in [0.4, 0.5) is 4.79 Å². The van der Waals surface area contributed by atoms with E-state index in [4.69, 9.17) is 15.2 Å². The normalized spacial score (nSPS) is 28.4. The second-order valence-corrected chi connectivity index (χ2v) is 3.82. The number of hydrogen-bond donors (Lipinski definition) is 2. The van der Waals surface area contributed by atoms with Crippen molar-refractivity contribution in [3.63, 3.8) is 0 Å². The van der Waals surface area contributed by atoms with Gasteiger partial charge < -0.3 is 15.2 Å². The van der Waals surface area contributed by atoms with Crippen LogP contribution in [0.2, 0.25) is 0 Å². The van der Waals surface area contributed by atoms with Crippen LogP contribution in [0.15, 0.2) is 24.1 Å². The molecule has 0 spiro atoms. The fraction of sp³-hybridized carbons (Fsp3) is 0.333. The van der Waals surface area contributed by atoms with E-state index >= 15 is 0 Å². The Labute approximate surface area is 97.1 Å². The molecule has 1 fully saturated rings. The van der Waals surface area contributed by atoms with Crippen LogP contribution in [0, 0.1) is 0 Å². The van der Waals surface area contributed by atoms with Gasteiger partial charge >= 0.3 is 6.09 Å². The summed E-state index contributed by atoms with van der Waals surface area (Å²) >= 11 is 4.09. The van der Waals surface area contributed by atoms with Gasteiger partial charge in [0.05, 0.1) is 18.5 Å². The summed E-state index contributed by atoms with van der Waals surface area (Å²) in [6.07, 6.45) is 3.16. The molecule has 0 aromatic heterocycles. The number of nitrogens with zero attached hydrogens (tertiary/aromatic N) is 1. The first kappa shape index (κ1) is 10.9. The van der Waals surface area contributed by atoms with Crippen LogP contribution in [0.3, 0.4) is 0 Å². The minimum absolute atomic E-state index is 0.116. The fourth-order valence-corrected chi connectivity index (χ4v) is 1.66. The molecule has 0 aromatic carbocycles. The minimum Gasteiger partial charge on any atom is -0.483 e. The van der Waals surface area contributed by atoms with Crippen molar-refractivity contribution in [3.05, 3.63) is 24.1 Å². The Bertz CT molecular complexity index is 393. The molecule has 7 heteroatoms. The van der Waals surface area contributed by atoms with Crippen molar-refractivity contribution in [2.24, 2.45) is 5.73 Å². The third kappa shape index (κ3) is 1.99. The molecular weight excluding hydrogens is 232 g/mol. The Balaban J connectivity index is 2.14. The van der Waals surface area contributed by atoms with E-state index in [2.05, 4.69) is 12.6 Å². The minimum atomic E-state index is -0.900. The van der Waals surface area contributed by atoms with E-state index in [9.17, 15) is 9.59 Å². The van der Waals surface area contributed by atoms with Crippen molar-refractivity contribution in [1.29, 1.82) is 0 Å². The van der Waals surface area contributed by atoms with Gasteiger partial charge in [-0.1, -0.05) is 0 Å². The van der Waals surface area contributed by atoms with Gasteiger partial charge in [-0.2, -0.15) is 0 Å². The quantitative estimate of drug-likeness (QED) is 0.666. The van der Waals surface area contributed by atoms with Crippen molar-refractivity contribution in [3.8, 4) is 0 Å². The Kier molecular flexibility index (Phi) is 2.78. The molecule has 0 aliphatic carbocycles. The number of allylic oxidation sites excluding steroid dienone is 1.